The van der Waals surface area contributed by atoms with Crippen LogP contribution in [0.15, 0.2) is 0 Å². The summed E-state index contributed by atoms with van der Waals surface area (Å²) in [4.78, 5) is 10.8. The minimum absolute atomic E-state index is 0.125. The Bertz CT molecular complexity index is 387. The number of carboxylic acid groups (broad SMARTS) is 1. The first-order chi connectivity index (χ1) is 6.37. The lowest BCUT2D eigenvalue weighted by Crippen LogP contribution is -2.11. The predicted molar refractivity (Wildman–Crippen MR) is 83.7 cm³/mol. The molecule has 1 aromatic rings. The third kappa shape index (κ3) is 2.39. The molecule has 0 amide bonds. The molecule has 0 spiro atoms. The van der Waals surface area contributed by atoms with Gasteiger partial charge in [0, 0.05) is 14.3 Å². The van der Waals surface area contributed by atoms with E-state index in [1.54, 1.807) is 0 Å². The predicted octanol–water partition coefficient (Wildman–Crippen LogP) is 2.88. The number of rotatable bonds is 1. The van der Waals surface area contributed by atoms with E-state index >= 15 is 0 Å². The van der Waals surface area contributed by atoms with Crippen LogP contribution in [-0.2, 0) is 0 Å². The Morgan fingerprint density at radius 1 is 1.00 bits per heavy atom. The molecule has 76 valence electrons. The summed E-state index contributed by atoms with van der Waals surface area (Å²) < 4.78 is 2.64. The third-order valence-electron chi connectivity index (χ3n) is 1.44. The van der Waals surface area contributed by atoms with E-state index in [1.807, 2.05) is 90.4 Å². The number of carboxylic acids is 1. The summed E-state index contributed by atoms with van der Waals surface area (Å²) >= 11 is 7.87. The van der Waals surface area contributed by atoms with Gasteiger partial charge in [-0.05, 0) is 90.4 Å². The Kier molecular flexibility index (Phi) is 4.97. The van der Waals surface area contributed by atoms with Gasteiger partial charge in [0.1, 0.15) is 0 Å². The summed E-state index contributed by atoms with van der Waals surface area (Å²) in [5.74, 6) is -1.56. The van der Waals surface area contributed by atoms with Crippen molar-refractivity contribution in [2.75, 3.05) is 0 Å². The zero-order valence-corrected chi connectivity index (χ0v) is 14.9. The lowest BCUT2D eigenvalue weighted by molar-refractivity contribution is -0.270. The summed E-state index contributed by atoms with van der Waals surface area (Å²) in [6.07, 6.45) is 0. The van der Waals surface area contributed by atoms with Gasteiger partial charge in [-0.15, -0.1) is 0 Å². The van der Waals surface area contributed by atoms with Crippen LogP contribution in [0, 0.1) is 14.3 Å². The highest BCUT2D eigenvalue weighted by Gasteiger charge is 2.17. The minimum Gasteiger partial charge on any atom is -0.871 e. The van der Waals surface area contributed by atoms with Crippen molar-refractivity contribution in [3.8, 4) is 5.75 Å². The second-order valence-electron chi connectivity index (χ2n) is 2.27. The first-order valence-corrected chi connectivity index (χ1v) is 7.45. The summed E-state index contributed by atoms with van der Waals surface area (Å²) in [7, 11) is 0. The number of benzene rings is 1. The van der Waals surface area contributed by atoms with E-state index in [1.165, 1.54) is 0 Å². The molecule has 1 rings (SSSR count). The lowest BCUT2D eigenvalue weighted by Gasteiger charge is -2.17. The van der Waals surface area contributed by atoms with Gasteiger partial charge in [-0.1, -0.05) is 5.75 Å². The van der Waals surface area contributed by atoms with E-state index in [0.29, 0.717) is 7.14 Å². The highest BCUT2D eigenvalue weighted by Crippen LogP contribution is 2.35. The molecular weight excluding hydrogens is 640 g/mol. The van der Waals surface area contributed by atoms with Gasteiger partial charge in [-0.25, -0.2) is 4.79 Å². The van der Waals surface area contributed by atoms with Crippen LogP contribution in [0.5, 0.6) is 5.75 Å². The largest absolute Gasteiger partial charge is 0.871 e. The van der Waals surface area contributed by atoms with Crippen molar-refractivity contribution in [2.24, 2.45) is 0 Å². The van der Waals surface area contributed by atoms with Gasteiger partial charge in [0.2, 0.25) is 0 Å². The Morgan fingerprint density at radius 2 is 1.43 bits per heavy atom. The monoisotopic (exact) mass is 641 g/mol. The van der Waals surface area contributed by atoms with Gasteiger partial charge in [0.25, 0.3) is 0 Å². The van der Waals surface area contributed by atoms with Crippen LogP contribution in [-0.4, -0.2) is 11.1 Å². The quantitative estimate of drug-likeness (QED) is 0.292. The van der Waals surface area contributed by atoms with Crippen LogP contribution >= 0.6 is 90.4 Å². The van der Waals surface area contributed by atoms with Crippen molar-refractivity contribution in [1.29, 1.82) is 0 Å². The van der Waals surface area contributed by atoms with E-state index in [2.05, 4.69) is 0 Å². The zero-order chi connectivity index (χ0) is 11.0. The molecule has 0 saturated heterocycles. The SMILES string of the molecule is O=C(O)c1c([O-])c(I)c(I)c(I)c1I. The van der Waals surface area contributed by atoms with Crippen LogP contribution in [0.4, 0.5) is 0 Å². The molecule has 0 aliphatic heterocycles. The van der Waals surface area contributed by atoms with Crippen LogP contribution < -0.4 is 5.11 Å². The maximum atomic E-state index is 11.6. The van der Waals surface area contributed by atoms with Gasteiger partial charge in [-0.3, -0.25) is 0 Å². The molecule has 7 heteroatoms. The fourth-order valence-electron chi connectivity index (χ4n) is 0.803. The molecule has 0 heterocycles. The zero-order valence-electron chi connectivity index (χ0n) is 6.28. The van der Waals surface area contributed by atoms with Crippen molar-refractivity contribution in [3.05, 3.63) is 19.8 Å². The molecule has 0 aromatic heterocycles. The molecule has 0 atom stereocenters. The molecule has 0 saturated carbocycles. The molecule has 0 bridgehead atoms. The molecule has 1 aromatic carbocycles. The number of aromatic carboxylic acids is 1. The second kappa shape index (κ2) is 5.16. The van der Waals surface area contributed by atoms with Crippen LogP contribution in [0.2, 0.25) is 0 Å². The van der Waals surface area contributed by atoms with Gasteiger partial charge >= 0.3 is 5.97 Å². The number of carbonyl (C=O) groups is 1. The maximum absolute atomic E-state index is 11.6. The minimum atomic E-state index is -1.16. The molecule has 0 fully saturated rings. The van der Waals surface area contributed by atoms with Crippen molar-refractivity contribution in [1.82, 2.24) is 0 Å². The first kappa shape index (κ1) is 13.5. The molecule has 1 N–H and O–H groups in total. The molecule has 3 nitrogen and oxygen atoms in total. The summed E-state index contributed by atoms with van der Waals surface area (Å²) in [6.45, 7) is 0. The van der Waals surface area contributed by atoms with Crippen LogP contribution in [0.1, 0.15) is 10.4 Å². The average molecular weight is 641 g/mol. The average Bonchev–Trinajstić information content (AvgIpc) is 2.11. The smallest absolute Gasteiger partial charge is 0.336 e. The van der Waals surface area contributed by atoms with Gasteiger partial charge < -0.3 is 10.2 Å². The fraction of sp³-hybridized carbons (Fsp3) is 0. The molecule has 14 heavy (non-hydrogen) atoms. The molecule has 0 aliphatic carbocycles. The summed E-state index contributed by atoms with van der Waals surface area (Å²) in [5.41, 5.74) is -0.125. The summed E-state index contributed by atoms with van der Waals surface area (Å²) in [6, 6.07) is 0. The Morgan fingerprint density at radius 3 is 1.86 bits per heavy atom. The number of halogens is 4. The van der Waals surface area contributed by atoms with Crippen molar-refractivity contribution in [3.63, 3.8) is 0 Å². The third-order valence-corrected chi connectivity index (χ3v) is 8.80. The summed E-state index contributed by atoms with van der Waals surface area (Å²) in [5, 5.41) is 20.5. The first-order valence-electron chi connectivity index (χ1n) is 3.14. The Labute approximate surface area is 135 Å². The van der Waals surface area contributed by atoms with Crippen molar-refractivity contribution in [2.45, 2.75) is 0 Å². The molecular formula is C7HI4O3-. The lowest BCUT2D eigenvalue weighted by atomic mass is 10.2. The Balaban J connectivity index is 3.68. The highest BCUT2D eigenvalue weighted by molar-refractivity contribution is 14.1. The van der Waals surface area contributed by atoms with Crippen LogP contribution in [0.25, 0.3) is 0 Å². The molecule has 0 radical (unpaired) electrons. The van der Waals surface area contributed by atoms with E-state index in [0.717, 1.165) is 7.14 Å². The van der Waals surface area contributed by atoms with Gasteiger partial charge in [0.15, 0.2) is 0 Å². The normalized spacial score (nSPS) is 10.3. The van der Waals surface area contributed by atoms with E-state index in [4.69, 9.17) is 5.11 Å². The second-order valence-corrected chi connectivity index (χ2v) is 6.58. The van der Waals surface area contributed by atoms with Crippen molar-refractivity contribution >= 4 is 96.3 Å². The van der Waals surface area contributed by atoms with Crippen molar-refractivity contribution < 1.29 is 15.0 Å². The van der Waals surface area contributed by atoms with E-state index in [9.17, 15) is 9.90 Å². The van der Waals surface area contributed by atoms with Crippen LogP contribution in [0.3, 0.4) is 0 Å². The number of hydrogen-bond donors (Lipinski definition) is 1. The van der Waals surface area contributed by atoms with Gasteiger partial charge in [-0.2, -0.15) is 0 Å². The maximum Gasteiger partial charge on any atom is 0.336 e. The fourth-order valence-corrected chi connectivity index (χ4v) is 4.17. The molecule has 0 unspecified atom stereocenters. The number of hydrogen-bond acceptors (Lipinski definition) is 2. The Hall–Kier alpha value is 1.41. The topological polar surface area (TPSA) is 60.4 Å². The highest BCUT2D eigenvalue weighted by atomic mass is 127. The molecule has 0 aliphatic rings. The van der Waals surface area contributed by atoms with Gasteiger partial charge in [0.05, 0.1) is 5.56 Å². The standard InChI is InChI=1S/C7H2I4O3/c8-2-1(7(13)14)6(12)5(11)4(10)3(2)9/h12H,(H,13,14)/p-1. The van der Waals surface area contributed by atoms with E-state index in [-0.39, 0.29) is 5.56 Å². The van der Waals surface area contributed by atoms with E-state index < -0.39 is 11.7 Å².